The lowest BCUT2D eigenvalue weighted by Crippen LogP contribution is -2.38. The van der Waals surface area contributed by atoms with Crippen molar-refractivity contribution in [1.29, 1.82) is 0 Å². The molecule has 0 bridgehead atoms. The quantitative estimate of drug-likeness (QED) is 0.861. The molecule has 4 nitrogen and oxygen atoms in total. The monoisotopic (exact) mass is 273 g/mol. The molecule has 0 saturated carbocycles. The standard InChI is InChI=1S/C15H16FN3O/c16-12-2-1-3-14(10-12)20-13-5-8-19(9-6-13)15-4-7-17-11-18-15/h1-4,7,10-11,13H,5-6,8-9H2. The lowest BCUT2D eigenvalue weighted by molar-refractivity contribution is 0.170. The molecular formula is C15H16FN3O. The van der Waals surface area contributed by atoms with Crippen LogP contribution in [-0.2, 0) is 0 Å². The average molecular weight is 273 g/mol. The normalized spacial score (nSPS) is 16.1. The number of halogens is 1. The fraction of sp³-hybridized carbons (Fsp3) is 0.333. The van der Waals surface area contributed by atoms with Crippen molar-refractivity contribution in [2.24, 2.45) is 0 Å². The van der Waals surface area contributed by atoms with E-state index in [1.165, 1.54) is 12.1 Å². The molecule has 0 atom stereocenters. The molecule has 5 heteroatoms. The number of piperidine rings is 1. The van der Waals surface area contributed by atoms with Crippen LogP contribution in [0.25, 0.3) is 0 Å². The minimum absolute atomic E-state index is 0.134. The first kappa shape index (κ1) is 12.8. The fourth-order valence-electron chi connectivity index (χ4n) is 2.41. The van der Waals surface area contributed by atoms with E-state index < -0.39 is 0 Å². The molecule has 20 heavy (non-hydrogen) atoms. The third-order valence-electron chi connectivity index (χ3n) is 3.43. The van der Waals surface area contributed by atoms with Gasteiger partial charge in [-0.05, 0) is 18.2 Å². The summed E-state index contributed by atoms with van der Waals surface area (Å²) in [5, 5.41) is 0. The second kappa shape index (κ2) is 5.86. The highest BCUT2D eigenvalue weighted by Crippen LogP contribution is 2.22. The maximum absolute atomic E-state index is 13.1. The summed E-state index contributed by atoms with van der Waals surface area (Å²) in [7, 11) is 0. The topological polar surface area (TPSA) is 38.2 Å². The summed E-state index contributed by atoms with van der Waals surface area (Å²) in [5.74, 6) is 1.29. The first-order chi connectivity index (χ1) is 9.81. The summed E-state index contributed by atoms with van der Waals surface area (Å²) in [4.78, 5) is 10.4. The van der Waals surface area contributed by atoms with E-state index in [2.05, 4.69) is 14.9 Å². The summed E-state index contributed by atoms with van der Waals surface area (Å²) >= 11 is 0. The first-order valence-electron chi connectivity index (χ1n) is 6.74. The summed E-state index contributed by atoms with van der Waals surface area (Å²) in [5.41, 5.74) is 0. The highest BCUT2D eigenvalue weighted by atomic mass is 19.1. The molecule has 0 unspecified atom stereocenters. The van der Waals surface area contributed by atoms with Crippen LogP contribution in [0.2, 0.25) is 0 Å². The zero-order valence-corrected chi connectivity index (χ0v) is 11.1. The zero-order valence-electron chi connectivity index (χ0n) is 11.1. The van der Waals surface area contributed by atoms with Gasteiger partial charge in [-0.1, -0.05) is 6.07 Å². The van der Waals surface area contributed by atoms with Gasteiger partial charge in [0.25, 0.3) is 0 Å². The van der Waals surface area contributed by atoms with Crippen LogP contribution < -0.4 is 9.64 Å². The third-order valence-corrected chi connectivity index (χ3v) is 3.43. The molecule has 3 rings (SSSR count). The molecule has 2 aromatic rings. The SMILES string of the molecule is Fc1cccc(OC2CCN(c3ccncn3)CC2)c1. The molecule has 0 aliphatic carbocycles. The fourth-order valence-corrected chi connectivity index (χ4v) is 2.41. The van der Waals surface area contributed by atoms with Crippen molar-refractivity contribution in [3.05, 3.63) is 48.7 Å². The van der Waals surface area contributed by atoms with Crippen LogP contribution in [0.15, 0.2) is 42.9 Å². The van der Waals surface area contributed by atoms with Crippen LogP contribution in [0.5, 0.6) is 5.75 Å². The van der Waals surface area contributed by atoms with E-state index in [9.17, 15) is 4.39 Å². The van der Waals surface area contributed by atoms with Gasteiger partial charge in [-0.15, -0.1) is 0 Å². The zero-order chi connectivity index (χ0) is 13.8. The molecule has 1 fully saturated rings. The molecule has 1 aromatic carbocycles. The van der Waals surface area contributed by atoms with Crippen LogP contribution in [0.1, 0.15) is 12.8 Å². The van der Waals surface area contributed by atoms with Crippen molar-refractivity contribution >= 4 is 5.82 Å². The molecule has 1 aliphatic heterocycles. The van der Waals surface area contributed by atoms with Gasteiger partial charge in [0.05, 0.1) is 0 Å². The van der Waals surface area contributed by atoms with E-state index in [-0.39, 0.29) is 11.9 Å². The van der Waals surface area contributed by atoms with Gasteiger partial charge in [-0.2, -0.15) is 0 Å². The summed E-state index contributed by atoms with van der Waals surface area (Å²) in [6, 6.07) is 8.22. The predicted octanol–water partition coefficient (Wildman–Crippen LogP) is 2.66. The Morgan fingerprint density at radius 1 is 1.20 bits per heavy atom. The van der Waals surface area contributed by atoms with Crippen molar-refractivity contribution in [3.8, 4) is 5.75 Å². The number of hydrogen-bond acceptors (Lipinski definition) is 4. The van der Waals surface area contributed by atoms with Crippen LogP contribution in [-0.4, -0.2) is 29.2 Å². The lowest BCUT2D eigenvalue weighted by atomic mass is 10.1. The molecule has 0 radical (unpaired) electrons. The van der Waals surface area contributed by atoms with E-state index >= 15 is 0 Å². The molecule has 2 heterocycles. The van der Waals surface area contributed by atoms with E-state index in [4.69, 9.17) is 4.74 Å². The Morgan fingerprint density at radius 3 is 2.75 bits per heavy atom. The average Bonchev–Trinajstić information content (AvgIpc) is 2.49. The minimum Gasteiger partial charge on any atom is -0.490 e. The van der Waals surface area contributed by atoms with Crippen molar-refractivity contribution in [1.82, 2.24) is 9.97 Å². The van der Waals surface area contributed by atoms with Gasteiger partial charge >= 0.3 is 0 Å². The van der Waals surface area contributed by atoms with Crippen LogP contribution in [0, 0.1) is 5.82 Å². The summed E-state index contributed by atoms with van der Waals surface area (Å²) < 4.78 is 18.9. The number of nitrogens with zero attached hydrogens (tertiary/aromatic N) is 3. The van der Waals surface area contributed by atoms with Crippen molar-refractivity contribution < 1.29 is 9.13 Å². The molecule has 1 saturated heterocycles. The van der Waals surface area contributed by atoms with E-state index in [0.717, 1.165) is 31.7 Å². The smallest absolute Gasteiger partial charge is 0.131 e. The molecule has 0 N–H and O–H groups in total. The van der Waals surface area contributed by atoms with Gasteiger partial charge in [0.1, 0.15) is 29.8 Å². The molecule has 1 aliphatic rings. The largest absolute Gasteiger partial charge is 0.490 e. The predicted molar refractivity (Wildman–Crippen MR) is 74.3 cm³/mol. The Morgan fingerprint density at radius 2 is 2.05 bits per heavy atom. The van der Waals surface area contributed by atoms with Crippen molar-refractivity contribution in [2.45, 2.75) is 18.9 Å². The maximum Gasteiger partial charge on any atom is 0.131 e. The number of hydrogen-bond donors (Lipinski definition) is 0. The van der Waals surface area contributed by atoms with Crippen molar-refractivity contribution in [3.63, 3.8) is 0 Å². The van der Waals surface area contributed by atoms with Crippen LogP contribution in [0.4, 0.5) is 10.2 Å². The van der Waals surface area contributed by atoms with Crippen LogP contribution >= 0.6 is 0 Å². The Hall–Kier alpha value is -2.17. The van der Waals surface area contributed by atoms with Gasteiger partial charge in [0.15, 0.2) is 0 Å². The maximum atomic E-state index is 13.1. The number of ether oxygens (including phenoxy) is 1. The molecule has 104 valence electrons. The van der Waals surface area contributed by atoms with Gasteiger partial charge in [0.2, 0.25) is 0 Å². The molecule has 0 amide bonds. The Balaban J connectivity index is 1.56. The van der Waals surface area contributed by atoms with E-state index in [1.54, 1.807) is 24.7 Å². The molecule has 0 spiro atoms. The highest BCUT2D eigenvalue weighted by Gasteiger charge is 2.21. The Bertz CT molecular complexity index is 556. The van der Waals surface area contributed by atoms with Crippen molar-refractivity contribution in [2.75, 3.05) is 18.0 Å². The van der Waals surface area contributed by atoms with E-state index in [0.29, 0.717) is 5.75 Å². The Kier molecular flexibility index (Phi) is 3.76. The lowest BCUT2D eigenvalue weighted by Gasteiger charge is -2.32. The van der Waals surface area contributed by atoms with Gasteiger partial charge < -0.3 is 9.64 Å². The number of anilines is 1. The van der Waals surface area contributed by atoms with Gasteiger partial charge in [-0.3, -0.25) is 0 Å². The van der Waals surface area contributed by atoms with Gasteiger partial charge in [-0.25, -0.2) is 14.4 Å². The summed E-state index contributed by atoms with van der Waals surface area (Å²) in [6.45, 7) is 1.77. The Labute approximate surface area is 117 Å². The second-order valence-corrected chi connectivity index (χ2v) is 4.83. The number of aromatic nitrogens is 2. The number of benzene rings is 1. The molecule has 1 aromatic heterocycles. The number of rotatable bonds is 3. The van der Waals surface area contributed by atoms with E-state index in [1.807, 2.05) is 6.07 Å². The minimum atomic E-state index is -0.263. The highest BCUT2D eigenvalue weighted by molar-refractivity contribution is 5.37. The second-order valence-electron chi connectivity index (χ2n) is 4.83. The third kappa shape index (κ3) is 3.04. The van der Waals surface area contributed by atoms with Crippen LogP contribution in [0.3, 0.4) is 0 Å². The van der Waals surface area contributed by atoms with Gasteiger partial charge in [0, 0.05) is 38.2 Å². The first-order valence-corrected chi connectivity index (χ1v) is 6.74. The summed E-state index contributed by atoms with van der Waals surface area (Å²) in [6.07, 6.45) is 5.25. The molecular weight excluding hydrogens is 257 g/mol.